The largest absolute Gasteiger partial charge is 0.485 e. The Bertz CT molecular complexity index is 770. The van der Waals surface area contributed by atoms with Crippen LogP contribution in [-0.4, -0.2) is 17.6 Å². The van der Waals surface area contributed by atoms with Gasteiger partial charge < -0.3 is 14.8 Å². The van der Waals surface area contributed by atoms with Crippen LogP contribution in [0, 0.1) is 0 Å². The third-order valence-electron chi connectivity index (χ3n) is 4.63. The smallest absolute Gasteiger partial charge is 0.224 e. The zero-order valence-electron chi connectivity index (χ0n) is 13.9. The number of nitrogens with one attached hydrogen (secondary N) is 1. The van der Waals surface area contributed by atoms with Crippen LogP contribution in [0.3, 0.4) is 0 Å². The van der Waals surface area contributed by atoms with Gasteiger partial charge in [-0.1, -0.05) is 36.4 Å². The molecule has 2 aliphatic rings. The van der Waals surface area contributed by atoms with Gasteiger partial charge in [0.25, 0.3) is 0 Å². The first-order valence-corrected chi connectivity index (χ1v) is 8.31. The Balaban J connectivity index is 1.41. The number of rotatable bonds is 4. The van der Waals surface area contributed by atoms with Gasteiger partial charge in [0.1, 0.15) is 23.6 Å². The minimum Gasteiger partial charge on any atom is -0.485 e. The van der Waals surface area contributed by atoms with E-state index in [1.807, 2.05) is 62.4 Å². The average molecular weight is 323 g/mol. The van der Waals surface area contributed by atoms with Crippen molar-refractivity contribution in [2.75, 3.05) is 0 Å². The molecule has 2 unspecified atom stereocenters. The second kappa shape index (κ2) is 5.64. The first-order valence-electron chi connectivity index (χ1n) is 8.31. The van der Waals surface area contributed by atoms with Crippen LogP contribution in [0.25, 0.3) is 0 Å². The highest BCUT2D eigenvalue weighted by Crippen LogP contribution is 2.53. The van der Waals surface area contributed by atoms with Gasteiger partial charge in [-0.25, -0.2) is 0 Å². The van der Waals surface area contributed by atoms with E-state index in [0.29, 0.717) is 13.0 Å². The Morgan fingerprint density at radius 2 is 1.92 bits per heavy atom. The topological polar surface area (TPSA) is 50.9 Å². The molecule has 2 aliphatic heterocycles. The van der Waals surface area contributed by atoms with Gasteiger partial charge in [0.05, 0.1) is 6.42 Å². The van der Waals surface area contributed by atoms with Crippen molar-refractivity contribution >= 4 is 5.91 Å². The Morgan fingerprint density at radius 3 is 2.71 bits per heavy atom. The maximum atomic E-state index is 12.2. The summed E-state index contributed by atoms with van der Waals surface area (Å²) in [7, 11) is 0. The van der Waals surface area contributed by atoms with Crippen LogP contribution >= 0.6 is 0 Å². The molecule has 0 aromatic heterocycles. The van der Waals surface area contributed by atoms with Gasteiger partial charge in [0.15, 0.2) is 0 Å². The minimum atomic E-state index is -0.285. The quantitative estimate of drug-likeness (QED) is 0.879. The van der Waals surface area contributed by atoms with Crippen molar-refractivity contribution in [3.63, 3.8) is 0 Å². The predicted molar refractivity (Wildman–Crippen MR) is 90.8 cm³/mol. The molecule has 2 heterocycles. The monoisotopic (exact) mass is 323 g/mol. The molecule has 0 spiro atoms. The number of carbonyl (C=O) groups excluding carboxylic acids is 1. The van der Waals surface area contributed by atoms with E-state index in [0.717, 1.165) is 22.4 Å². The van der Waals surface area contributed by atoms with Crippen molar-refractivity contribution in [2.24, 2.45) is 0 Å². The number of benzene rings is 2. The maximum Gasteiger partial charge on any atom is 0.224 e. The highest BCUT2D eigenvalue weighted by Gasteiger charge is 2.56. The van der Waals surface area contributed by atoms with E-state index in [4.69, 9.17) is 9.47 Å². The Hall–Kier alpha value is -2.33. The molecule has 1 saturated heterocycles. The molecule has 0 saturated carbocycles. The van der Waals surface area contributed by atoms with E-state index < -0.39 is 0 Å². The fourth-order valence-corrected chi connectivity index (χ4v) is 3.29. The molecule has 0 aliphatic carbocycles. The molecule has 0 radical (unpaired) electrons. The van der Waals surface area contributed by atoms with E-state index in [9.17, 15) is 4.79 Å². The first-order chi connectivity index (χ1) is 11.5. The Morgan fingerprint density at radius 1 is 1.12 bits per heavy atom. The first kappa shape index (κ1) is 15.2. The highest BCUT2D eigenvalue weighted by atomic mass is 16.6. The summed E-state index contributed by atoms with van der Waals surface area (Å²) in [4.78, 5) is 12.2. The lowest BCUT2D eigenvalue weighted by atomic mass is 9.93. The lowest BCUT2D eigenvalue weighted by Gasteiger charge is -2.29. The molecule has 4 rings (SSSR count). The fraction of sp³-hybridized carbons (Fsp3) is 0.350. The zero-order valence-corrected chi connectivity index (χ0v) is 13.9. The second-order valence-corrected chi connectivity index (χ2v) is 6.99. The number of hydrogen-bond donors (Lipinski definition) is 1. The van der Waals surface area contributed by atoms with Gasteiger partial charge in [0, 0.05) is 12.1 Å². The van der Waals surface area contributed by atoms with Gasteiger partial charge in [-0.15, -0.1) is 0 Å². The summed E-state index contributed by atoms with van der Waals surface area (Å²) in [6.07, 6.45) is 0.587. The van der Waals surface area contributed by atoms with E-state index in [1.54, 1.807) is 0 Å². The SMILES string of the molecule is CC1(C)Oc2ccc(CC(=O)NCc3ccccc3)cc2C2OC21. The Kier molecular flexibility index (Phi) is 3.57. The third kappa shape index (κ3) is 2.89. The van der Waals surface area contributed by atoms with Crippen LogP contribution in [0.4, 0.5) is 0 Å². The van der Waals surface area contributed by atoms with Gasteiger partial charge in [0.2, 0.25) is 5.91 Å². The number of hydrogen-bond acceptors (Lipinski definition) is 3. The molecule has 2 aromatic carbocycles. The van der Waals surface area contributed by atoms with Crippen molar-refractivity contribution in [1.29, 1.82) is 0 Å². The van der Waals surface area contributed by atoms with Gasteiger partial charge in [-0.05, 0) is 37.1 Å². The van der Waals surface area contributed by atoms with Crippen LogP contribution in [0.2, 0.25) is 0 Å². The van der Waals surface area contributed by atoms with Crippen LogP contribution in [-0.2, 0) is 22.5 Å². The highest BCUT2D eigenvalue weighted by molar-refractivity contribution is 5.78. The molecular weight excluding hydrogens is 302 g/mol. The summed E-state index contributed by atoms with van der Waals surface area (Å²) < 4.78 is 11.8. The van der Waals surface area contributed by atoms with E-state index >= 15 is 0 Å². The number of ether oxygens (including phenoxy) is 2. The van der Waals surface area contributed by atoms with Gasteiger partial charge in [-0.2, -0.15) is 0 Å². The van der Waals surface area contributed by atoms with E-state index in [1.165, 1.54) is 0 Å². The summed E-state index contributed by atoms with van der Waals surface area (Å²) in [6.45, 7) is 4.65. The summed E-state index contributed by atoms with van der Waals surface area (Å²) in [5.41, 5.74) is 2.86. The lowest BCUT2D eigenvalue weighted by molar-refractivity contribution is -0.120. The molecule has 1 amide bonds. The van der Waals surface area contributed by atoms with Crippen LogP contribution < -0.4 is 10.1 Å². The number of epoxide rings is 1. The van der Waals surface area contributed by atoms with Crippen LogP contribution in [0.15, 0.2) is 48.5 Å². The molecule has 24 heavy (non-hydrogen) atoms. The number of fused-ring (bicyclic) bond motifs is 3. The maximum absolute atomic E-state index is 12.2. The Labute approximate surface area is 141 Å². The van der Waals surface area contributed by atoms with Crippen molar-refractivity contribution in [3.8, 4) is 5.75 Å². The molecule has 2 aromatic rings. The molecule has 124 valence electrons. The van der Waals surface area contributed by atoms with Gasteiger partial charge >= 0.3 is 0 Å². The molecule has 1 fully saturated rings. The predicted octanol–water partition coefficient (Wildman–Crippen LogP) is 3.16. The third-order valence-corrected chi connectivity index (χ3v) is 4.63. The summed E-state index contributed by atoms with van der Waals surface area (Å²) in [5.74, 6) is 0.885. The van der Waals surface area contributed by atoms with E-state index in [-0.39, 0.29) is 23.7 Å². The van der Waals surface area contributed by atoms with Crippen molar-refractivity contribution in [1.82, 2.24) is 5.32 Å². The molecule has 4 nitrogen and oxygen atoms in total. The molecule has 0 bridgehead atoms. The second-order valence-electron chi connectivity index (χ2n) is 6.99. The van der Waals surface area contributed by atoms with E-state index in [2.05, 4.69) is 5.32 Å². The van der Waals surface area contributed by atoms with Crippen molar-refractivity contribution in [3.05, 3.63) is 65.2 Å². The number of amides is 1. The molecule has 4 heteroatoms. The van der Waals surface area contributed by atoms with Crippen LogP contribution in [0.5, 0.6) is 5.75 Å². The van der Waals surface area contributed by atoms with Crippen molar-refractivity contribution in [2.45, 2.75) is 44.6 Å². The molecule has 1 N–H and O–H groups in total. The summed E-state index contributed by atoms with van der Waals surface area (Å²) >= 11 is 0. The number of carbonyl (C=O) groups is 1. The fourth-order valence-electron chi connectivity index (χ4n) is 3.29. The van der Waals surface area contributed by atoms with Crippen LogP contribution in [0.1, 0.15) is 36.6 Å². The lowest BCUT2D eigenvalue weighted by Crippen LogP contribution is -2.37. The normalized spacial score (nSPS) is 22.8. The molecule has 2 atom stereocenters. The van der Waals surface area contributed by atoms with Crippen molar-refractivity contribution < 1.29 is 14.3 Å². The van der Waals surface area contributed by atoms with Gasteiger partial charge in [-0.3, -0.25) is 4.79 Å². The zero-order chi connectivity index (χ0) is 16.7. The summed E-state index contributed by atoms with van der Waals surface area (Å²) in [5, 5.41) is 2.96. The average Bonchev–Trinajstić information content (AvgIpc) is 3.36. The summed E-state index contributed by atoms with van der Waals surface area (Å²) in [6, 6.07) is 15.9. The standard InChI is InChI=1S/C20H21NO3/c1-20(2)19-18(23-19)15-10-14(8-9-16(15)24-20)11-17(22)21-12-13-6-4-3-5-7-13/h3-10,18-19H,11-12H2,1-2H3,(H,21,22). The molecular formula is C20H21NO3. The minimum absolute atomic E-state index is 0.0177.